The van der Waals surface area contributed by atoms with Gasteiger partial charge in [-0.3, -0.25) is 9.80 Å². The van der Waals surface area contributed by atoms with E-state index in [0.29, 0.717) is 6.54 Å². The lowest BCUT2D eigenvalue weighted by atomic mass is 10.1. The van der Waals surface area contributed by atoms with E-state index >= 15 is 0 Å². The molecule has 2 aliphatic carbocycles. The lowest BCUT2D eigenvalue weighted by Gasteiger charge is -2.43. The van der Waals surface area contributed by atoms with Gasteiger partial charge in [0, 0.05) is 80.4 Å². The first-order chi connectivity index (χ1) is 28.7. The predicted molar refractivity (Wildman–Crippen MR) is 242 cm³/mol. The number of piperazine rings is 2. The third-order valence-electron chi connectivity index (χ3n) is 11.5. The second-order valence-corrected chi connectivity index (χ2v) is 19.5. The minimum Gasteiger partial charge on any atom is -0.495 e. The highest BCUT2D eigenvalue weighted by atomic mass is 79.9. The van der Waals surface area contributed by atoms with Gasteiger partial charge in [0.05, 0.1) is 41.7 Å². The molecule has 332 valence electrons. The number of rotatable bonds is 5. The number of nitrogens with one attached hydrogen (secondary N) is 1. The Bertz CT molecular complexity index is 2160. The fraction of sp³-hybridized carbons (Fsp3) is 0.565. The highest BCUT2D eigenvalue weighted by Crippen LogP contribution is 2.47. The number of aromatic nitrogens is 4. The Morgan fingerprint density at radius 2 is 1.13 bits per heavy atom. The minimum atomic E-state index is -0.484. The summed E-state index contributed by atoms with van der Waals surface area (Å²) < 4.78 is 27.1. The molecular formula is C46H65BrN8O6. The molecule has 2 saturated carbocycles. The van der Waals surface area contributed by atoms with Crippen LogP contribution in [-0.2, 0) is 9.47 Å². The zero-order valence-corrected chi connectivity index (χ0v) is 39.7. The normalized spacial score (nSPS) is 17.5. The van der Waals surface area contributed by atoms with Crippen molar-refractivity contribution in [2.75, 3.05) is 58.4 Å². The maximum Gasteiger partial charge on any atom is 0.410 e. The van der Waals surface area contributed by atoms with Gasteiger partial charge < -0.3 is 38.3 Å². The third-order valence-corrected chi connectivity index (χ3v) is 12.1. The zero-order chi connectivity index (χ0) is 44.5. The van der Waals surface area contributed by atoms with Crippen LogP contribution in [0.4, 0.5) is 15.3 Å². The number of pyridine rings is 2. The lowest BCUT2D eigenvalue weighted by Crippen LogP contribution is -2.58. The van der Waals surface area contributed by atoms with E-state index in [2.05, 4.69) is 92.2 Å². The summed E-state index contributed by atoms with van der Waals surface area (Å²) >= 11 is 3.39. The van der Waals surface area contributed by atoms with E-state index in [1.807, 2.05) is 69.7 Å². The first-order valence-electron chi connectivity index (χ1n) is 21.2. The van der Waals surface area contributed by atoms with Gasteiger partial charge in [-0.2, -0.15) is 0 Å². The summed E-state index contributed by atoms with van der Waals surface area (Å²) in [5.41, 5.74) is 4.64. The van der Waals surface area contributed by atoms with Crippen LogP contribution in [0, 0.1) is 27.7 Å². The Morgan fingerprint density at radius 1 is 0.672 bits per heavy atom. The number of hydrogen-bond acceptors (Lipinski definition) is 10. The maximum atomic E-state index is 12.7. The fourth-order valence-corrected chi connectivity index (χ4v) is 8.46. The van der Waals surface area contributed by atoms with E-state index in [9.17, 15) is 9.59 Å². The molecule has 8 rings (SSSR count). The molecule has 0 radical (unpaired) electrons. The molecule has 4 aromatic rings. The van der Waals surface area contributed by atoms with Gasteiger partial charge in [0.25, 0.3) is 0 Å². The summed E-state index contributed by atoms with van der Waals surface area (Å²) in [6.45, 7) is 24.4. The smallest absolute Gasteiger partial charge is 0.410 e. The Balaban J connectivity index is 0.000000169. The van der Waals surface area contributed by atoms with Gasteiger partial charge in [-0.25, -0.2) is 19.6 Å². The second-order valence-electron chi connectivity index (χ2n) is 18.6. The molecule has 0 aromatic carbocycles. The van der Waals surface area contributed by atoms with Crippen LogP contribution in [0.15, 0.2) is 53.3 Å². The predicted octanol–water partition coefficient (Wildman–Crippen LogP) is 8.71. The van der Waals surface area contributed by atoms with E-state index in [-0.39, 0.29) is 23.3 Å². The number of amides is 2. The molecule has 0 bridgehead atoms. The number of anilines is 1. The highest BCUT2D eigenvalue weighted by Gasteiger charge is 2.55. The number of carbonyl (C=O) groups is 2. The van der Waals surface area contributed by atoms with E-state index in [4.69, 9.17) is 23.9 Å². The largest absolute Gasteiger partial charge is 0.495 e. The molecular weight excluding hydrogens is 840 g/mol. The molecule has 0 atom stereocenters. The monoisotopic (exact) mass is 904 g/mol. The van der Waals surface area contributed by atoms with Crippen molar-refractivity contribution in [3.63, 3.8) is 0 Å². The summed E-state index contributed by atoms with van der Waals surface area (Å²) in [7, 11) is 3.35. The van der Waals surface area contributed by atoms with Crippen molar-refractivity contribution >= 4 is 33.8 Å². The molecule has 1 N–H and O–H groups in total. The van der Waals surface area contributed by atoms with Crippen LogP contribution in [-0.4, -0.2) is 117 Å². The van der Waals surface area contributed by atoms with Crippen LogP contribution < -0.4 is 19.7 Å². The topological polar surface area (TPSA) is 128 Å². The Labute approximate surface area is 370 Å². The van der Waals surface area contributed by atoms with E-state index < -0.39 is 11.2 Å². The van der Waals surface area contributed by atoms with Crippen molar-refractivity contribution in [3.05, 3.63) is 76.0 Å². The average Bonchev–Trinajstić information content (AvgIpc) is 4.08. The number of carbonyl (C=O) groups excluding carboxylic acids is 2. The number of methoxy groups -OCH3 is 2. The summed E-state index contributed by atoms with van der Waals surface area (Å²) in [5.74, 6) is 3.32. The molecule has 4 fully saturated rings. The fourth-order valence-electron chi connectivity index (χ4n) is 8.09. The molecule has 15 heteroatoms. The van der Waals surface area contributed by atoms with Crippen LogP contribution in [0.2, 0.25) is 0 Å². The van der Waals surface area contributed by atoms with Crippen LogP contribution >= 0.6 is 15.9 Å². The average molecular weight is 906 g/mol. The molecule has 14 nitrogen and oxygen atoms in total. The zero-order valence-electron chi connectivity index (χ0n) is 38.1. The van der Waals surface area contributed by atoms with Gasteiger partial charge in [-0.05, 0) is 135 Å². The van der Waals surface area contributed by atoms with E-state index in [1.165, 1.54) is 0 Å². The quantitative estimate of drug-likeness (QED) is 0.208. The molecule has 0 unspecified atom stereocenters. The molecule has 2 spiro atoms. The van der Waals surface area contributed by atoms with Crippen molar-refractivity contribution in [3.8, 4) is 23.1 Å². The van der Waals surface area contributed by atoms with Crippen LogP contribution in [0.5, 0.6) is 11.5 Å². The van der Waals surface area contributed by atoms with Crippen LogP contribution in [0.1, 0.15) is 90.0 Å². The first kappa shape index (κ1) is 45.8. The lowest BCUT2D eigenvalue weighted by molar-refractivity contribution is 0.00796. The summed E-state index contributed by atoms with van der Waals surface area (Å²) in [6, 6.07) is 12.2. The molecule has 6 heterocycles. The number of hydrogen-bond donors (Lipinski definition) is 1. The van der Waals surface area contributed by atoms with Gasteiger partial charge in [0.1, 0.15) is 34.3 Å². The molecule has 2 amide bonds. The van der Waals surface area contributed by atoms with Crippen molar-refractivity contribution in [1.82, 2.24) is 34.2 Å². The molecule has 4 aliphatic rings. The van der Waals surface area contributed by atoms with Crippen molar-refractivity contribution in [2.24, 2.45) is 0 Å². The Morgan fingerprint density at radius 3 is 1.59 bits per heavy atom. The van der Waals surface area contributed by atoms with Gasteiger partial charge in [-0.1, -0.05) is 0 Å². The van der Waals surface area contributed by atoms with E-state index in [1.54, 1.807) is 20.4 Å². The number of halogens is 1. The van der Waals surface area contributed by atoms with Crippen molar-refractivity contribution in [1.29, 1.82) is 0 Å². The molecule has 2 saturated heterocycles. The van der Waals surface area contributed by atoms with Gasteiger partial charge in [0.2, 0.25) is 0 Å². The van der Waals surface area contributed by atoms with Gasteiger partial charge in [0.15, 0.2) is 0 Å². The van der Waals surface area contributed by atoms with Crippen molar-refractivity contribution in [2.45, 2.75) is 117 Å². The number of nitrogens with zero attached hydrogens (tertiary/aromatic N) is 7. The first-order valence-corrected chi connectivity index (χ1v) is 22.0. The summed E-state index contributed by atoms with van der Waals surface area (Å²) in [4.78, 5) is 39.9. The van der Waals surface area contributed by atoms with Gasteiger partial charge in [-0.15, -0.1) is 0 Å². The van der Waals surface area contributed by atoms with Crippen molar-refractivity contribution < 1.29 is 28.5 Å². The number of aryl methyl sites for hydroxylation is 4. The molecule has 2 aliphatic heterocycles. The molecule has 4 aromatic heterocycles. The maximum absolute atomic E-state index is 12.7. The second kappa shape index (κ2) is 17.9. The standard InChI is InChI=1S/C23H32N4O3.C12H13BrN2O.C11H20N2O2/c1-16-7-8-17(2)27(16)20-13-19(29-6)18(14-24-20)25-11-12-26(23(15-25)9-10-23)21(28)30-22(3,4)5;1-8-4-5-9(2)15(8)12-6-11(16-3)10(13)7-14-12;1-10(2,3)15-9(14)13-7-6-12-8-11(13)4-5-11/h7-8,13-14H,9-12,15H2,1-6H3;4-7H,1-3H3;12H,4-8H2,1-3H3. The van der Waals surface area contributed by atoms with Gasteiger partial charge >= 0.3 is 12.2 Å². The summed E-state index contributed by atoms with van der Waals surface area (Å²) in [6.07, 6.45) is 7.51. The SMILES string of the molecule is CC(C)(C)OC(=O)N1CCNCC12CC2.COc1cc(-n2c(C)ccc2C)ncc1Br.COc1cc(-n2c(C)ccc2C)ncc1N1CCN(C(=O)OC(C)(C)C)C2(CC2)C1. The molecule has 61 heavy (non-hydrogen) atoms. The number of ether oxygens (including phenoxy) is 4. The third kappa shape index (κ3) is 10.7. The van der Waals surface area contributed by atoms with Crippen LogP contribution in [0.25, 0.3) is 11.6 Å². The minimum absolute atomic E-state index is 0.0839. The van der Waals surface area contributed by atoms with Crippen LogP contribution in [0.3, 0.4) is 0 Å². The summed E-state index contributed by atoms with van der Waals surface area (Å²) in [5, 5.41) is 3.34. The van der Waals surface area contributed by atoms with E-state index in [0.717, 1.165) is 114 Å². The Kier molecular flexibility index (Phi) is 13.4. The Hall–Kier alpha value is -4.76. The highest BCUT2D eigenvalue weighted by molar-refractivity contribution is 9.10.